The number of rotatable bonds is 2. The summed E-state index contributed by atoms with van der Waals surface area (Å²) < 4.78 is 0. The number of hydrogen-bond acceptors (Lipinski definition) is 3. The molecular weight excluding hydrogens is 216 g/mol. The Balaban J connectivity index is 2.82. The molecule has 0 saturated heterocycles. The van der Waals surface area contributed by atoms with Crippen molar-refractivity contribution in [2.24, 2.45) is 0 Å². The molecule has 0 bridgehead atoms. The molecule has 0 radical (unpaired) electrons. The molecule has 3 heteroatoms. The van der Waals surface area contributed by atoms with E-state index >= 15 is 0 Å². The molecule has 0 heterocycles. The number of aromatic hydroxyl groups is 1. The van der Waals surface area contributed by atoms with Crippen molar-refractivity contribution in [3.8, 4) is 5.75 Å². The number of fused-ring (bicyclic) bond motifs is 1. The van der Waals surface area contributed by atoms with Crippen LogP contribution in [0.3, 0.4) is 0 Å². The average Bonchev–Trinajstić information content (AvgIpc) is 2.33. The predicted molar refractivity (Wildman–Crippen MR) is 64.2 cm³/mol. The number of carbonyl (C=O) groups excluding carboxylic acids is 2. The highest BCUT2D eigenvalue weighted by atomic mass is 16.3. The minimum Gasteiger partial charge on any atom is -0.507 e. The summed E-state index contributed by atoms with van der Waals surface area (Å²) in [6, 6.07) is 4.42. The van der Waals surface area contributed by atoms with Crippen LogP contribution < -0.4 is 0 Å². The standard InChI is InChI=1S/C14H10O3/c1-3-8-9(4-2)14(17)12-10(13(8)16)6-5-7-11(12)15/h3-7,15H,1-2H2. The van der Waals surface area contributed by atoms with Crippen LogP contribution in [0.2, 0.25) is 0 Å². The van der Waals surface area contributed by atoms with E-state index in [0.717, 1.165) is 0 Å². The SMILES string of the molecule is C=CC1=C(C=C)C(=O)c2c(O)cccc2C1=O. The Morgan fingerprint density at radius 1 is 1.00 bits per heavy atom. The van der Waals surface area contributed by atoms with Gasteiger partial charge in [0.1, 0.15) is 5.75 Å². The van der Waals surface area contributed by atoms with Crippen molar-refractivity contribution < 1.29 is 14.7 Å². The van der Waals surface area contributed by atoms with Crippen LogP contribution in [-0.2, 0) is 0 Å². The first-order chi connectivity index (χ1) is 8.11. The molecule has 84 valence electrons. The van der Waals surface area contributed by atoms with E-state index in [1.807, 2.05) is 0 Å². The summed E-state index contributed by atoms with van der Waals surface area (Å²) in [5.74, 6) is -0.911. The molecule has 0 saturated carbocycles. The molecule has 1 N–H and O–H groups in total. The molecule has 0 unspecified atom stereocenters. The fourth-order valence-corrected chi connectivity index (χ4v) is 1.90. The average molecular weight is 226 g/mol. The van der Waals surface area contributed by atoms with Gasteiger partial charge in [-0.1, -0.05) is 37.4 Å². The quantitative estimate of drug-likeness (QED) is 0.842. The van der Waals surface area contributed by atoms with Crippen LogP contribution in [0.5, 0.6) is 5.75 Å². The minimum absolute atomic E-state index is 0.0398. The van der Waals surface area contributed by atoms with Crippen molar-refractivity contribution in [2.75, 3.05) is 0 Å². The molecule has 1 aliphatic rings. The van der Waals surface area contributed by atoms with E-state index in [1.54, 1.807) is 0 Å². The Hall–Kier alpha value is -2.42. The Bertz CT molecular complexity index is 591. The van der Waals surface area contributed by atoms with Crippen molar-refractivity contribution in [2.45, 2.75) is 0 Å². The van der Waals surface area contributed by atoms with E-state index in [2.05, 4.69) is 13.2 Å². The number of phenols is 1. The molecule has 1 aliphatic carbocycles. The van der Waals surface area contributed by atoms with E-state index in [-0.39, 0.29) is 33.8 Å². The van der Waals surface area contributed by atoms with Gasteiger partial charge in [0.05, 0.1) is 5.56 Å². The van der Waals surface area contributed by atoms with Crippen LogP contribution in [-0.4, -0.2) is 16.7 Å². The summed E-state index contributed by atoms with van der Waals surface area (Å²) in [5.41, 5.74) is 0.649. The van der Waals surface area contributed by atoms with Crippen molar-refractivity contribution in [1.82, 2.24) is 0 Å². The topological polar surface area (TPSA) is 54.4 Å². The molecule has 0 fully saturated rings. The van der Waals surface area contributed by atoms with Crippen molar-refractivity contribution in [3.05, 3.63) is 65.8 Å². The summed E-state index contributed by atoms with van der Waals surface area (Å²) in [4.78, 5) is 24.2. The van der Waals surface area contributed by atoms with E-state index < -0.39 is 5.78 Å². The van der Waals surface area contributed by atoms with E-state index in [4.69, 9.17) is 0 Å². The normalized spacial score (nSPS) is 14.6. The molecule has 1 aromatic carbocycles. The number of carbonyl (C=O) groups is 2. The molecule has 0 aromatic heterocycles. The Kier molecular flexibility index (Phi) is 2.52. The monoisotopic (exact) mass is 226 g/mol. The van der Waals surface area contributed by atoms with Crippen LogP contribution in [0.1, 0.15) is 20.7 Å². The lowest BCUT2D eigenvalue weighted by molar-refractivity contribution is 0.0978. The highest BCUT2D eigenvalue weighted by molar-refractivity contribution is 6.29. The van der Waals surface area contributed by atoms with Gasteiger partial charge < -0.3 is 5.11 Å². The Morgan fingerprint density at radius 2 is 1.59 bits per heavy atom. The Morgan fingerprint density at radius 3 is 2.18 bits per heavy atom. The second-order valence-electron chi connectivity index (χ2n) is 3.59. The third-order valence-corrected chi connectivity index (χ3v) is 2.70. The zero-order chi connectivity index (χ0) is 12.6. The lowest BCUT2D eigenvalue weighted by Gasteiger charge is -2.17. The number of allylic oxidation sites excluding steroid dienone is 4. The van der Waals surface area contributed by atoms with Crippen molar-refractivity contribution in [1.29, 1.82) is 0 Å². The molecule has 2 rings (SSSR count). The summed E-state index contributed by atoms with van der Waals surface area (Å²) >= 11 is 0. The largest absolute Gasteiger partial charge is 0.507 e. The number of benzene rings is 1. The number of hydrogen-bond donors (Lipinski definition) is 1. The maximum absolute atomic E-state index is 12.1. The van der Waals surface area contributed by atoms with Crippen LogP contribution in [0.4, 0.5) is 0 Å². The molecule has 3 nitrogen and oxygen atoms in total. The van der Waals surface area contributed by atoms with Gasteiger partial charge in [-0.2, -0.15) is 0 Å². The smallest absolute Gasteiger partial charge is 0.198 e. The van der Waals surface area contributed by atoms with Gasteiger partial charge in [0.2, 0.25) is 0 Å². The van der Waals surface area contributed by atoms with E-state index in [0.29, 0.717) is 0 Å². The summed E-state index contributed by atoms with van der Waals surface area (Å²) in [7, 11) is 0. The van der Waals surface area contributed by atoms with Gasteiger partial charge in [0, 0.05) is 16.7 Å². The first kappa shape index (κ1) is 11.1. The van der Waals surface area contributed by atoms with Crippen LogP contribution in [0.15, 0.2) is 54.7 Å². The van der Waals surface area contributed by atoms with Crippen LogP contribution in [0.25, 0.3) is 0 Å². The fraction of sp³-hybridized carbons (Fsp3) is 0. The molecule has 0 aliphatic heterocycles. The maximum Gasteiger partial charge on any atom is 0.198 e. The number of Topliss-reactive ketones (excluding diaryl/α,β-unsaturated/α-hetero) is 2. The zero-order valence-electron chi connectivity index (χ0n) is 9.06. The van der Waals surface area contributed by atoms with Gasteiger partial charge in [-0.3, -0.25) is 9.59 Å². The molecule has 1 aromatic rings. The highest BCUT2D eigenvalue weighted by Crippen LogP contribution is 2.32. The van der Waals surface area contributed by atoms with Gasteiger partial charge in [0.15, 0.2) is 11.6 Å². The lowest BCUT2D eigenvalue weighted by atomic mass is 9.83. The maximum atomic E-state index is 12.1. The fourth-order valence-electron chi connectivity index (χ4n) is 1.90. The third kappa shape index (κ3) is 1.44. The lowest BCUT2D eigenvalue weighted by Crippen LogP contribution is -2.20. The van der Waals surface area contributed by atoms with Crippen molar-refractivity contribution >= 4 is 11.6 Å². The molecular formula is C14H10O3. The molecule has 0 amide bonds. The zero-order valence-corrected chi connectivity index (χ0v) is 9.06. The van der Waals surface area contributed by atoms with Gasteiger partial charge in [0.25, 0.3) is 0 Å². The number of ketones is 2. The summed E-state index contributed by atoms with van der Waals surface area (Å²) in [6.45, 7) is 7.03. The summed E-state index contributed by atoms with van der Waals surface area (Å²) in [5, 5.41) is 9.66. The second-order valence-corrected chi connectivity index (χ2v) is 3.59. The predicted octanol–water partition coefficient (Wildman–Crippen LogP) is 2.44. The first-order valence-corrected chi connectivity index (χ1v) is 5.02. The third-order valence-electron chi connectivity index (χ3n) is 2.70. The van der Waals surface area contributed by atoms with E-state index in [1.165, 1.54) is 30.4 Å². The van der Waals surface area contributed by atoms with Gasteiger partial charge in [-0.15, -0.1) is 0 Å². The van der Waals surface area contributed by atoms with Gasteiger partial charge >= 0.3 is 0 Å². The molecule has 17 heavy (non-hydrogen) atoms. The second kappa shape index (κ2) is 3.87. The first-order valence-electron chi connectivity index (χ1n) is 5.02. The molecule has 0 spiro atoms. The summed E-state index contributed by atoms with van der Waals surface area (Å²) in [6.07, 6.45) is 2.65. The van der Waals surface area contributed by atoms with E-state index in [9.17, 15) is 14.7 Å². The Labute approximate surface area is 98.4 Å². The minimum atomic E-state index is -0.400. The highest BCUT2D eigenvalue weighted by Gasteiger charge is 2.31. The van der Waals surface area contributed by atoms with Gasteiger partial charge in [-0.05, 0) is 6.07 Å². The van der Waals surface area contributed by atoms with Crippen LogP contribution >= 0.6 is 0 Å². The van der Waals surface area contributed by atoms with Gasteiger partial charge in [-0.25, -0.2) is 0 Å². The van der Waals surface area contributed by atoms with Crippen LogP contribution in [0, 0.1) is 0 Å². The molecule has 0 atom stereocenters. The van der Waals surface area contributed by atoms with Crippen molar-refractivity contribution in [3.63, 3.8) is 0 Å². The number of phenolic OH excluding ortho intramolecular Hbond substituents is 1.